The lowest BCUT2D eigenvalue weighted by molar-refractivity contribution is -0.954. The molecule has 8 heteroatoms. The molecular formula is C28H49ClN4O3. The van der Waals surface area contributed by atoms with Crippen LogP contribution in [0.1, 0.15) is 80.6 Å². The number of amides is 2. The van der Waals surface area contributed by atoms with Gasteiger partial charge in [0, 0.05) is 23.7 Å². The zero-order valence-electron chi connectivity index (χ0n) is 23.5. The Bertz CT molecular complexity index is 853. The number of rotatable bonds is 16. The average molecular weight is 525 g/mol. The number of anilines is 2. The van der Waals surface area contributed by atoms with Crippen LogP contribution in [0.25, 0.3) is 0 Å². The molecule has 0 aliphatic rings. The largest absolute Gasteiger partial charge is 1.00 e. The number of nitrogens with one attached hydrogen (secondary N) is 2. The van der Waals surface area contributed by atoms with Gasteiger partial charge in [0.15, 0.2) is 6.17 Å². The summed E-state index contributed by atoms with van der Waals surface area (Å²) in [5.74, 6) is 0.366. The highest BCUT2D eigenvalue weighted by Crippen LogP contribution is 2.32. The first-order valence-corrected chi connectivity index (χ1v) is 13.1. The second-order valence-electron chi connectivity index (χ2n) is 10.2. The summed E-state index contributed by atoms with van der Waals surface area (Å²) < 4.78 is 6.52. The lowest BCUT2D eigenvalue weighted by Crippen LogP contribution is -3.00. The van der Waals surface area contributed by atoms with E-state index in [1.54, 1.807) is 25.1 Å². The van der Waals surface area contributed by atoms with Crippen LogP contribution in [0.4, 0.5) is 11.4 Å². The molecule has 0 aromatic heterocycles. The fourth-order valence-corrected chi connectivity index (χ4v) is 4.39. The van der Waals surface area contributed by atoms with Crippen molar-refractivity contribution in [2.75, 3.05) is 37.3 Å². The van der Waals surface area contributed by atoms with Crippen molar-refractivity contribution in [1.29, 1.82) is 0 Å². The third kappa shape index (κ3) is 9.66. The van der Waals surface area contributed by atoms with Crippen molar-refractivity contribution in [2.45, 2.75) is 86.7 Å². The van der Waals surface area contributed by atoms with Gasteiger partial charge in [-0.2, -0.15) is 0 Å². The number of nitrogens with zero attached hydrogens (tertiary/aromatic N) is 1. The summed E-state index contributed by atoms with van der Waals surface area (Å²) in [5.41, 5.74) is 6.97. The van der Waals surface area contributed by atoms with Crippen LogP contribution in [0.15, 0.2) is 30.4 Å². The normalized spacial score (nSPS) is 12.3. The molecule has 1 rings (SSSR count). The molecule has 206 valence electrons. The molecule has 36 heavy (non-hydrogen) atoms. The minimum absolute atomic E-state index is 0. The highest BCUT2D eigenvalue weighted by Gasteiger charge is 2.43. The molecule has 1 atom stereocenters. The van der Waals surface area contributed by atoms with E-state index in [2.05, 4.69) is 44.9 Å². The summed E-state index contributed by atoms with van der Waals surface area (Å²) in [7, 11) is 0. The second-order valence-corrected chi connectivity index (χ2v) is 10.2. The molecule has 0 radical (unpaired) electrons. The minimum Gasteiger partial charge on any atom is -1.00 e. The second kappa shape index (κ2) is 15.8. The number of benzene rings is 1. The third-order valence-corrected chi connectivity index (χ3v) is 6.77. The summed E-state index contributed by atoms with van der Waals surface area (Å²) in [6.45, 7) is 20.7. The first-order valence-electron chi connectivity index (χ1n) is 13.1. The van der Waals surface area contributed by atoms with Crippen molar-refractivity contribution in [3.63, 3.8) is 0 Å². The maximum Gasteiger partial charge on any atom is 0.250 e. The van der Waals surface area contributed by atoms with E-state index in [1.807, 2.05) is 13.8 Å². The van der Waals surface area contributed by atoms with E-state index < -0.39 is 5.41 Å². The monoisotopic (exact) mass is 524 g/mol. The Kier molecular flexibility index (Phi) is 14.8. The summed E-state index contributed by atoms with van der Waals surface area (Å²) in [4.78, 5) is 26.2. The van der Waals surface area contributed by atoms with Crippen LogP contribution in [-0.4, -0.2) is 48.7 Å². The van der Waals surface area contributed by atoms with E-state index in [0.717, 1.165) is 45.2 Å². The summed E-state index contributed by atoms with van der Waals surface area (Å²) in [5, 5.41) is 6.30. The van der Waals surface area contributed by atoms with Crippen LogP contribution in [0.5, 0.6) is 5.75 Å². The fourth-order valence-electron chi connectivity index (χ4n) is 4.39. The highest BCUT2D eigenvalue weighted by molar-refractivity contribution is 5.96. The molecule has 0 aliphatic heterocycles. The molecule has 0 aliphatic carbocycles. The Morgan fingerprint density at radius 2 is 1.72 bits per heavy atom. The Morgan fingerprint density at radius 1 is 1.11 bits per heavy atom. The number of hydrogen-bond acceptors (Lipinski definition) is 4. The molecular weight excluding hydrogens is 476 g/mol. The van der Waals surface area contributed by atoms with Crippen molar-refractivity contribution in [3.8, 4) is 5.75 Å². The van der Waals surface area contributed by atoms with Crippen molar-refractivity contribution < 1.29 is 31.2 Å². The number of nitrogens with two attached hydrogens (primary N) is 1. The van der Waals surface area contributed by atoms with Crippen molar-refractivity contribution >= 4 is 23.2 Å². The van der Waals surface area contributed by atoms with Crippen molar-refractivity contribution in [3.05, 3.63) is 30.4 Å². The molecule has 4 N–H and O–H groups in total. The van der Waals surface area contributed by atoms with Gasteiger partial charge in [0.05, 0.1) is 37.3 Å². The number of nitrogen functional groups attached to an aromatic ring is 1. The molecule has 7 nitrogen and oxygen atoms in total. The Balaban J connectivity index is 0.0000122. The fraction of sp³-hybridized carbons (Fsp3) is 0.643. The third-order valence-electron chi connectivity index (χ3n) is 6.77. The van der Waals surface area contributed by atoms with Gasteiger partial charge < -0.3 is 38.0 Å². The Morgan fingerprint density at radius 3 is 2.25 bits per heavy atom. The van der Waals surface area contributed by atoms with Gasteiger partial charge >= 0.3 is 0 Å². The zero-order chi connectivity index (χ0) is 26.6. The first kappa shape index (κ1) is 33.8. The standard InChI is InChI=1S/C28H48N4O3.ClH/c1-9-13-15-25(31-26(33)21(5)6)32(11-3,12-4)20-28(7,8)27(34)30-23-17-16-22(29)19-24(23)35-18-14-10-2;/h16-17,19,25H,5,9-15,18,20,29H2,1-4,6-8H3,(H-,30,31,33,34);1H. The molecule has 1 aromatic carbocycles. The summed E-state index contributed by atoms with van der Waals surface area (Å²) in [6, 6.07) is 5.32. The van der Waals surface area contributed by atoms with E-state index >= 15 is 0 Å². The minimum atomic E-state index is -0.702. The van der Waals surface area contributed by atoms with Gasteiger partial charge in [-0.15, -0.1) is 0 Å². The van der Waals surface area contributed by atoms with Crippen LogP contribution >= 0.6 is 0 Å². The topological polar surface area (TPSA) is 93.5 Å². The molecule has 1 unspecified atom stereocenters. The number of hydrogen-bond donors (Lipinski definition) is 3. The van der Waals surface area contributed by atoms with E-state index in [9.17, 15) is 9.59 Å². The quantitative estimate of drug-likeness (QED) is 0.102. The van der Waals surface area contributed by atoms with Gasteiger partial charge in [-0.25, -0.2) is 0 Å². The smallest absolute Gasteiger partial charge is 0.250 e. The molecule has 0 bridgehead atoms. The van der Waals surface area contributed by atoms with Crippen LogP contribution in [0, 0.1) is 5.41 Å². The number of unbranched alkanes of at least 4 members (excludes halogenated alkanes) is 2. The highest BCUT2D eigenvalue weighted by atomic mass is 35.5. The molecule has 2 amide bonds. The number of carbonyl (C=O) groups is 2. The van der Waals surface area contributed by atoms with Crippen LogP contribution in [0.2, 0.25) is 0 Å². The molecule has 0 spiro atoms. The van der Waals surface area contributed by atoms with Crippen LogP contribution < -0.4 is 33.5 Å². The molecule has 0 fully saturated rings. The van der Waals surface area contributed by atoms with Crippen molar-refractivity contribution in [1.82, 2.24) is 5.32 Å². The zero-order valence-corrected chi connectivity index (χ0v) is 24.3. The number of ether oxygens (including phenoxy) is 1. The van der Waals surface area contributed by atoms with Gasteiger partial charge in [-0.05, 0) is 59.6 Å². The molecule has 0 saturated carbocycles. The van der Waals surface area contributed by atoms with E-state index in [-0.39, 0.29) is 30.4 Å². The number of carbonyl (C=O) groups excluding carboxylic acids is 2. The molecule has 1 aromatic rings. The van der Waals surface area contributed by atoms with Gasteiger partial charge in [0.1, 0.15) is 5.75 Å². The summed E-state index contributed by atoms with van der Waals surface area (Å²) in [6.07, 6.45) is 4.74. The van der Waals surface area contributed by atoms with Crippen molar-refractivity contribution in [2.24, 2.45) is 5.41 Å². The predicted molar refractivity (Wildman–Crippen MR) is 146 cm³/mol. The maximum absolute atomic E-state index is 13.6. The lowest BCUT2D eigenvalue weighted by Gasteiger charge is -2.47. The number of quaternary nitrogens is 1. The summed E-state index contributed by atoms with van der Waals surface area (Å²) >= 11 is 0. The van der Waals surface area contributed by atoms with E-state index in [0.29, 0.717) is 40.3 Å². The van der Waals surface area contributed by atoms with E-state index in [4.69, 9.17) is 10.5 Å². The molecule has 0 saturated heterocycles. The first-order chi connectivity index (χ1) is 16.5. The van der Waals surface area contributed by atoms with E-state index in [1.165, 1.54) is 0 Å². The number of halogens is 1. The van der Waals surface area contributed by atoms with Gasteiger partial charge in [-0.1, -0.05) is 33.3 Å². The Labute approximate surface area is 225 Å². The lowest BCUT2D eigenvalue weighted by atomic mass is 9.89. The van der Waals surface area contributed by atoms with Gasteiger partial charge in [0.2, 0.25) is 5.91 Å². The van der Waals surface area contributed by atoms with Crippen LogP contribution in [-0.2, 0) is 9.59 Å². The SMILES string of the molecule is C=C(C)C(=O)NC(CCCC)[N+](CC)(CC)CC(C)(C)C(=O)Nc1ccc(N)cc1OCCCC.[Cl-]. The molecule has 0 heterocycles. The van der Waals surface area contributed by atoms with Crippen LogP contribution in [0.3, 0.4) is 0 Å². The maximum atomic E-state index is 13.6. The Hall–Kier alpha value is -2.25. The predicted octanol–water partition coefficient (Wildman–Crippen LogP) is 2.48. The average Bonchev–Trinajstić information content (AvgIpc) is 2.81. The van der Waals surface area contributed by atoms with Gasteiger partial charge in [0.25, 0.3) is 5.91 Å². The van der Waals surface area contributed by atoms with Gasteiger partial charge in [-0.3, -0.25) is 9.59 Å².